The van der Waals surface area contributed by atoms with Crippen molar-refractivity contribution in [1.29, 1.82) is 0 Å². The molecule has 0 aliphatic heterocycles. The molecule has 0 amide bonds. The number of allylic oxidation sites excluding steroid dienone is 3. The van der Waals surface area contributed by atoms with Crippen LogP contribution in [0.5, 0.6) is 0 Å². The van der Waals surface area contributed by atoms with Gasteiger partial charge in [0.25, 0.3) is 0 Å². The Balaban J connectivity index is 4.88. The molecule has 0 spiro atoms. The third-order valence-corrected chi connectivity index (χ3v) is 5.96. The lowest BCUT2D eigenvalue weighted by Crippen LogP contribution is -2.15. The third kappa shape index (κ3) is 13.0. The fraction of sp³-hybridized carbons (Fsp3) is 0.769. The molecule has 5 atom stereocenters. The van der Waals surface area contributed by atoms with Crippen LogP contribution < -0.4 is 0 Å². The average molecular weight is 423 g/mol. The second-order valence-electron chi connectivity index (χ2n) is 9.69. The van der Waals surface area contributed by atoms with Crippen LogP contribution in [0.3, 0.4) is 0 Å². The molecule has 0 radical (unpaired) electrons. The van der Waals surface area contributed by atoms with Crippen molar-refractivity contribution >= 4 is 11.8 Å². The number of carbonyl (C=O) groups excluding carboxylic acids is 1. The van der Waals surface area contributed by atoms with E-state index in [0.29, 0.717) is 24.7 Å². The number of rotatable bonds is 16. The Morgan fingerprint density at radius 3 is 2.03 bits per heavy atom. The van der Waals surface area contributed by atoms with E-state index in [1.54, 1.807) is 13.0 Å². The van der Waals surface area contributed by atoms with Gasteiger partial charge in [0.05, 0.1) is 0 Å². The van der Waals surface area contributed by atoms with Gasteiger partial charge >= 0.3 is 5.97 Å². The number of hydrogen-bond acceptors (Lipinski definition) is 3. The highest BCUT2D eigenvalue weighted by Gasteiger charge is 2.18. The van der Waals surface area contributed by atoms with Crippen LogP contribution in [0.2, 0.25) is 0 Å². The summed E-state index contributed by atoms with van der Waals surface area (Å²) >= 11 is 0. The maximum atomic E-state index is 12.1. The van der Waals surface area contributed by atoms with Gasteiger partial charge in [0, 0.05) is 24.5 Å². The highest BCUT2D eigenvalue weighted by Crippen LogP contribution is 2.26. The van der Waals surface area contributed by atoms with Gasteiger partial charge in [0.15, 0.2) is 0 Å². The molecule has 0 bridgehead atoms. The zero-order valence-corrected chi connectivity index (χ0v) is 20.4. The molecular formula is C26H46O4. The molecule has 0 aromatic heterocycles. The molecule has 0 heterocycles. The van der Waals surface area contributed by atoms with Crippen molar-refractivity contribution in [3.05, 3.63) is 23.3 Å². The minimum atomic E-state index is -0.968. The summed E-state index contributed by atoms with van der Waals surface area (Å²) in [6.45, 7) is 15.1. The Hall–Kier alpha value is -1.42. The Morgan fingerprint density at radius 2 is 1.50 bits per heavy atom. The minimum Gasteiger partial charge on any atom is -0.478 e. The van der Waals surface area contributed by atoms with Crippen molar-refractivity contribution in [2.24, 2.45) is 29.6 Å². The van der Waals surface area contributed by atoms with Crippen molar-refractivity contribution in [3.8, 4) is 0 Å². The molecular weight excluding hydrogens is 376 g/mol. The molecule has 5 unspecified atom stereocenters. The largest absolute Gasteiger partial charge is 0.478 e. The maximum absolute atomic E-state index is 12.1. The summed E-state index contributed by atoms with van der Waals surface area (Å²) in [5.41, 5.74) is 1.21. The summed E-state index contributed by atoms with van der Waals surface area (Å²) in [4.78, 5) is 23.7. The predicted octanol–water partition coefficient (Wildman–Crippen LogP) is 6.44. The van der Waals surface area contributed by atoms with Gasteiger partial charge < -0.3 is 10.2 Å². The summed E-state index contributed by atoms with van der Waals surface area (Å²) in [6.07, 6.45) is 9.65. The molecule has 0 aliphatic carbocycles. The minimum absolute atomic E-state index is 0.00605. The predicted molar refractivity (Wildman–Crippen MR) is 125 cm³/mol. The van der Waals surface area contributed by atoms with Gasteiger partial charge in [0.2, 0.25) is 0 Å². The van der Waals surface area contributed by atoms with Crippen LogP contribution in [0.15, 0.2) is 23.3 Å². The molecule has 174 valence electrons. The number of Topliss-reactive ketones (excluding diaryl/α,β-unsaturated/α-hetero) is 1. The quantitative estimate of drug-likeness (QED) is 0.222. The lowest BCUT2D eigenvalue weighted by Gasteiger charge is -2.21. The zero-order valence-electron chi connectivity index (χ0n) is 20.4. The van der Waals surface area contributed by atoms with Gasteiger partial charge in [-0.1, -0.05) is 59.6 Å². The first kappa shape index (κ1) is 28.6. The van der Waals surface area contributed by atoms with Crippen LogP contribution in [0.1, 0.15) is 93.4 Å². The Morgan fingerprint density at radius 1 is 0.933 bits per heavy atom. The fourth-order valence-electron chi connectivity index (χ4n) is 4.36. The van der Waals surface area contributed by atoms with Crippen molar-refractivity contribution < 1.29 is 19.8 Å². The van der Waals surface area contributed by atoms with Crippen LogP contribution in [0.4, 0.5) is 0 Å². The van der Waals surface area contributed by atoms with Crippen LogP contribution >= 0.6 is 0 Å². The van der Waals surface area contributed by atoms with Crippen LogP contribution in [0.25, 0.3) is 0 Å². The van der Waals surface area contributed by atoms with Gasteiger partial charge in [-0.25, -0.2) is 4.79 Å². The number of hydrogen-bond donors (Lipinski definition) is 2. The van der Waals surface area contributed by atoms with Gasteiger partial charge in [-0.2, -0.15) is 0 Å². The molecule has 0 fully saturated rings. The molecule has 0 rings (SSSR count). The van der Waals surface area contributed by atoms with E-state index in [1.807, 2.05) is 6.92 Å². The summed E-state index contributed by atoms with van der Waals surface area (Å²) in [6, 6.07) is 0. The monoisotopic (exact) mass is 422 g/mol. The molecule has 4 heteroatoms. The van der Waals surface area contributed by atoms with Crippen molar-refractivity contribution in [2.75, 3.05) is 6.61 Å². The summed E-state index contributed by atoms with van der Waals surface area (Å²) in [5.74, 6) is 1.22. The number of carbonyl (C=O) groups is 2. The highest BCUT2D eigenvalue weighted by molar-refractivity contribution is 5.89. The van der Waals surface area contributed by atoms with Crippen LogP contribution in [0, 0.1) is 29.6 Å². The molecule has 0 aliphatic rings. The fourth-order valence-corrected chi connectivity index (χ4v) is 4.36. The van der Waals surface area contributed by atoms with E-state index < -0.39 is 5.97 Å². The molecule has 0 saturated heterocycles. The molecule has 4 nitrogen and oxygen atoms in total. The second-order valence-corrected chi connectivity index (χ2v) is 9.69. The first-order valence-electron chi connectivity index (χ1n) is 11.8. The number of aliphatic carboxylic acids is 1. The van der Waals surface area contributed by atoms with E-state index in [-0.39, 0.29) is 30.3 Å². The summed E-state index contributed by atoms with van der Waals surface area (Å²) in [5, 5.41) is 18.4. The Kier molecular flexibility index (Phi) is 14.7. The van der Waals surface area contributed by atoms with E-state index in [2.05, 4.69) is 40.7 Å². The Bertz CT molecular complexity index is 576. The van der Waals surface area contributed by atoms with Crippen LogP contribution in [-0.2, 0) is 9.59 Å². The smallest absolute Gasteiger partial charge is 0.331 e. The molecule has 30 heavy (non-hydrogen) atoms. The molecule has 0 aromatic carbocycles. The SMILES string of the molecule is CCC(C)CC(C)CC(C)CC(C)/C=C(C)/C=C(/CC(C)C(=O)CCCO)C(=O)O. The number of aliphatic hydroxyl groups is 1. The van der Waals surface area contributed by atoms with E-state index in [0.717, 1.165) is 23.8 Å². The summed E-state index contributed by atoms with van der Waals surface area (Å²) in [7, 11) is 0. The molecule has 2 N–H and O–H groups in total. The second kappa shape index (κ2) is 15.4. The topological polar surface area (TPSA) is 74.6 Å². The van der Waals surface area contributed by atoms with Crippen LogP contribution in [-0.4, -0.2) is 28.6 Å². The van der Waals surface area contributed by atoms with E-state index in [9.17, 15) is 14.7 Å². The first-order valence-corrected chi connectivity index (χ1v) is 11.8. The maximum Gasteiger partial charge on any atom is 0.331 e. The lowest BCUT2D eigenvalue weighted by molar-refractivity contribution is -0.133. The number of carboxylic acids is 1. The Labute approximate surface area is 184 Å². The van der Waals surface area contributed by atoms with Crippen molar-refractivity contribution in [2.45, 2.75) is 93.4 Å². The average Bonchev–Trinajstić information content (AvgIpc) is 2.64. The summed E-state index contributed by atoms with van der Waals surface area (Å²) < 4.78 is 0. The third-order valence-electron chi connectivity index (χ3n) is 5.96. The highest BCUT2D eigenvalue weighted by atomic mass is 16.4. The standard InChI is InChI=1S/C26H46O4/c1-8-18(2)12-19(3)13-20(4)14-21(5)15-22(6)16-24(26(29)30)17-23(7)25(28)10-9-11-27/h15-16,18-21,23,27H,8-14,17H2,1-7H3,(H,29,30)/b22-15+,24-16-. The van der Waals surface area contributed by atoms with Gasteiger partial charge in [0.1, 0.15) is 5.78 Å². The molecule has 0 aromatic rings. The number of ketones is 1. The van der Waals surface area contributed by atoms with Gasteiger partial charge in [-0.15, -0.1) is 0 Å². The van der Waals surface area contributed by atoms with Crippen molar-refractivity contribution in [3.63, 3.8) is 0 Å². The van der Waals surface area contributed by atoms with Gasteiger partial charge in [-0.05, 0) is 68.8 Å². The number of aliphatic hydroxyl groups excluding tert-OH is 1. The normalized spacial score (nSPS) is 17.9. The molecule has 0 saturated carbocycles. The van der Waals surface area contributed by atoms with E-state index in [4.69, 9.17) is 5.11 Å². The van der Waals surface area contributed by atoms with Gasteiger partial charge in [-0.3, -0.25) is 4.79 Å². The number of carboxylic acid groups (broad SMARTS) is 1. The first-order chi connectivity index (χ1) is 14.0. The lowest BCUT2D eigenvalue weighted by atomic mass is 9.84. The van der Waals surface area contributed by atoms with E-state index in [1.165, 1.54) is 19.3 Å². The zero-order chi connectivity index (χ0) is 23.3. The van der Waals surface area contributed by atoms with E-state index >= 15 is 0 Å². The van der Waals surface area contributed by atoms with Crippen molar-refractivity contribution in [1.82, 2.24) is 0 Å².